The van der Waals surface area contributed by atoms with E-state index in [0.29, 0.717) is 32.6 Å². The molecule has 164 valence electrons. The van der Waals surface area contributed by atoms with Crippen molar-refractivity contribution in [3.8, 4) is 6.07 Å². The van der Waals surface area contributed by atoms with E-state index in [9.17, 15) is 18.0 Å². The van der Waals surface area contributed by atoms with Crippen LogP contribution in [0.2, 0.25) is 0 Å². The van der Waals surface area contributed by atoms with Crippen molar-refractivity contribution in [2.24, 2.45) is 5.92 Å². The zero-order valence-electron chi connectivity index (χ0n) is 17.6. The van der Waals surface area contributed by atoms with Gasteiger partial charge in [-0.05, 0) is 43.7 Å². The summed E-state index contributed by atoms with van der Waals surface area (Å²) in [6, 6.07) is 6.76. The van der Waals surface area contributed by atoms with Gasteiger partial charge in [-0.25, -0.2) is 8.42 Å². The number of amides is 2. The topological polar surface area (TPSA) is 123 Å². The Balaban J connectivity index is 2.09. The summed E-state index contributed by atoms with van der Waals surface area (Å²) in [5, 5.41) is 13.8. The minimum absolute atomic E-state index is 0.133. The molecule has 2 amide bonds. The van der Waals surface area contributed by atoms with Crippen molar-refractivity contribution in [2.45, 2.75) is 31.2 Å². The van der Waals surface area contributed by atoms with Crippen LogP contribution in [0.5, 0.6) is 0 Å². The van der Waals surface area contributed by atoms with Gasteiger partial charge in [0.1, 0.15) is 12.6 Å². The predicted octanol–water partition coefficient (Wildman–Crippen LogP) is 0.407. The second-order valence-corrected chi connectivity index (χ2v) is 9.70. The van der Waals surface area contributed by atoms with Crippen LogP contribution < -0.4 is 10.6 Å². The number of sulfonamides is 1. The number of piperazine rings is 1. The molecule has 9 nitrogen and oxygen atoms in total. The highest BCUT2D eigenvalue weighted by Gasteiger charge is 2.28. The van der Waals surface area contributed by atoms with Gasteiger partial charge in [-0.15, -0.1) is 0 Å². The van der Waals surface area contributed by atoms with Gasteiger partial charge in [0, 0.05) is 31.7 Å². The molecule has 30 heavy (non-hydrogen) atoms. The minimum Gasteiger partial charge on any atom is -0.341 e. The van der Waals surface area contributed by atoms with Gasteiger partial charge in [0.25, 0.3) is 5.91 Å². The maximum atomic E-state index is 12.8. The lowest BCUT2D eigenvalue weighted by Gasteiger charge is -2.31. The summed E-state index contributed by atoms with van der Waals surface area (Å²) in [7, 11) is -1.66. The maximum Gasteiger partial charge on any atom is 0.251 e. The monoisotopic (exact) mass is 435 g/mol. The molecule has 0 saturated carbocycles. The Labute approximate surface area is 178 Å². The molecule has 1 fully saturated rings. The minimum atomic E-state index is -3.61. The number of carbonyl (C=O) groups excluding carboxylic acids is 2. The van der Waals surface area contributed by atoms with Crippen LogP contribution in [0.4, 0.5) is 0 Å². The molecule has 2 rings (SSSR count). The number of rotatable bonds is 8. The number of nitriles is 1. The smallest absolute Gasteiger partial charge is 0.251 e. The van der Waals surface area contributed by atoms with E-state index in [2.05, 4.69) is 15.5 Å². The predicted molar refractivity (Wildman–Crippen MR) is 112 cm³/mol. The molecule has 1 aromatic carbocycles. The Bertz CT molecular complexity index is 885. The van der Waals surface area contributed by atoms with Gasteiger partial charge in [-0.2, -0.15) is 9.57 Å². The summed E-state index contributed by atoms with van der Waals surface area (Å²) < 4.78 is 27.0. The van der Waals surface area contributed by atoms with Gasteiger partial charge in [-0.3, -0.25) is 9.59 Å². The van der Waals surface area contributed by atoms with Crippen LogP contribution in [0.25, 0.3) is 0 Å². The van der Waals surface area contributed by atoms with Gasteiger partial charge in [0.15, 0.2) is 0 Å². The van der Waals surface area contributed by atoms with Crippen molar-refractivity contribution < 1.29 is 18.0 Å². The molecule has 0 aromatic heterocycles. The van der Waals surface area contributed by atoms with E-state index in [1.165, 1.54) is 28.6 Å². The molecule has 1 unspecified atom stereocenters. The van der Waals surface area contributed by atoms with Crippen molar-refractivity contribution in [2.75, 3.05) is 39.8 Å². The van der Waals surface area contributed by atoms with Crippen molar-refractivity contribution in [1.29, 1.82) is 5.26 Å². The zero-order valence-corrected chi connectivity index (χ0v) is 18.4. The third-order valence-corrected chi connectivity index (χ3v) is 6.80. The first kappa shape index (κ1) is 23.8. The molecule has 10 heteroatoms. The number of nitrogens with one attached hydrogen (secondary N) is 2. The number of carbonyl (C=O) groups is 2. The van der Waals surface area contributed by atoms with E-state index < -0.39 is 27.9 Å². The maximum absolute atomic E-state index is 12.8. The first-order valence-corrected chi connectivity index (χ1v) is 11.3. The molecule has 1 saturated heterocycles. The molecule has 1 atom stereocenters. The SMILES string of the molecule is CC(C)CC(NC(=O)c1ccc(S(=O)(=O)N2CCN(C)CC2)cc1)C(=O)NCC#N. The fourth-order valence-electron chi connectivity index (χ4n) is 3.15. The first-order valence-electron chi connectivity index (χ1n) is 9.89. The zero-order chi connectivity index (χ0) is 22.3. The van der Waals surface area contributed by atoms with Gasteiger partial charge >= 0.3 is 0 Å². The molecule has 1 aliphatic heterocycles. The Morgan fingerprint density at radius 3 is 2.27 bits per heavy atom. The number of benzene rings is 1. The van der Waals surface area contributed by atoms with Crippen LogP contribution >= 0.6 is 0 Å². The fraction of sp³-hybridized carbons (Fsp3) is 0.550. The molecule has 2 N–H and O–H groups in total. The first-order chi connectivity index (χ1) is 14.1. The summed E-state index contributed by atoms with van der Waals surface area (Å²) in [5.41, 5.74) is 0.258. The van der Waals surface area contributed by atoms with E-state index in [4.69, 9.17) is 5.26 Å². The average molecular weight is 436 g/mol. The molecule has 0 spiro atoms. The van der Waals surface area contributed by atoms with E-state index in [1.807, 2.05) is 27.0 Å². The second-order valence-electron chi connectivity index (χ2n) is 7.76. The largest absolute Gasteiger partial charge is 0.341 e. The van der Waals surface area contributed by atoms with E-state index in [-0.39, 0.29) is 22.9 Å². The van der Waals surface area contributed by atoms with Crippen molar-refractivity contribution >= 4 is 21.8 Å². The molecular weight excluding hydrogens is 406 g/mol. The van der Waals surface area contributed by atoms with Gasteiger partial charge < -0.3 is 15.5 Å². The average Bonchev–Trinajstić information content (AvgIpc) is 2.71. The van der Waals surface area contributed by atoms with Crippen LogP contribution in [-0.2, 0) is 14.8 Å². The third kappa shape index (κ3) is 6.26. The molecular formula is C20H29N5O4S. The Kier molecular flexibility index (Phi) is 8.34. The van der Waals surface area contributed by atoms with E-state index in [0.717, 1.165) is 0 Å². The molecule has 0 aliphatic carbocycles. The van der Waals surface area contributed by atoms with Crippen LogP contribution in [0, 0.1) is 17.2 Å². The molecule has 1 heterocycles. The van der Waals surface area contributed by atoms with Gasteiger partial charge in [0.2, 0.25) is 15.9 Å². The Morgan fingerprint density at radius 1 is 1.13 bits per heavy atom. The second kappa shape index (κ2) is 10.5. The number of likely N-dealkylation sites (N-methyl/N-ethyl adjacent to an activating group) is 1. The van der Waals surface area contributed by atoms with Crippen molar-refractivity contribution in [3.05, 3.63) is 29.8 Å². The summed E-state index contributed by atoms with van der Waals surface area (Å²) in [4.78, 5) is 27.0. The standard InChI is InChI=1S/C20H29N5O4S/c1-15(2)14-18(20(27)22-9-8-21)23-19(26)16-4-6-17(7-5-16)30(28,29)25-12-10-24(3)11-13-25/h4-7,15,18H,9-14H2,1-3H3,(H,22,27)(H,23,26). The number of hydrogen-bond acceptors (Lipinski definition) is 6. The lowest BCUT2D eigenvalue weighted by Crippen LogP contribution is -2.47. The third-order valence-electron chi connectivity index (χ3n) is 4.89. The molecule has 1 aliphatic rings. The normalized spacial score (nSPS) is 16.6. The highest BCUT2D eigenvalue weighted by Crippen LogP contribution is 2.18. The summed E-state index contributed by atoms with van der Waals surface area (Å²) in [5.74, 6) is -0.747. The highest BCUT2D eigenvalue weighted by molar-refractivity contribution is 7.89. The van der Waals surface area contributed by atoms with Crippen LogP contribution in [0.3, 0.4) is 0 Å². The fourth-order valence-corrected chi connectivity index (χ4v) is 4.57. The van der Waals surface area contributed by atoms with Crippen LogP contribution in [0.1, 0.15) is 30.6 Å². The highest BCUT2D eigenvalue weighted by atomic mass is 32.2. The molecule has 0 radical (unpaired) electrons. The van der Waals surface area contributed by atoms with Crippen LogP contribution in [0.15, 0.2) is 29.2 Å². The number of nitrogens with zero attached hydrogens (tertiary/aromatic N) is 3. The van der Waals surface area contributed by atoms with Gasteiger partial charge in [0.05, 0.1) is 11.0 Å². The lowest BCUT2D eigenvalue weighted by atomic mass is 10.0. The quantitative estimate of drug-likeness (QED) is 0.570. The molecule has 0 bridgehead atoms. The summed E-state index contributed by atoms with van der Waals surface area (Å²) in [6.45, 7) is 5.91. The van der Waals surface area contributed by atoms with E-state index in [1.54, 1.807) is 0 Å². The molecule has 1 aromatic rings. The van der Waals surface area contributed by atoms with E-state index >= 15 is 0 Å². The van der Waals surface area contributed by atoms with Crippen LogP contribution in [-0.4, -0.2) is 75.3 Å². The van der Waals surface area contributed by atoms with Crippen molar-refractivity contribution in [1.82, 2.24) is 19.8 Å². The Morgan fingerprint density at radius 2 is 1.73 bits per heavy atom. The lowest BCUT2D eigenvalue weighted by molar-refractivity contribution is -0.123. The van der Waals surface area contributed by atoms with Crippen molar-refractivity contribution in [3.63, 3.8) is 0 Å². The van der Waals surface area contributed by atoms with Gasteiger partial charge in [-0.1, -0.05) is 13.8 Å². The summed E-state index contributed by atoms with van der Waals surface area (Å²) in [6.07, 6.45) is 0.416. The summed E-state index contributed by atoms with van der Waals surface area (Å²) >= 11 is 0. The number of hydrogen-bond donors (Lipinski definition) is 2. The Hall–Kier alpha value is -2.48.